The molecule has 0 amide bonds. The lowest BCUT2D eigenvalue weighted by Crippen LogP contribution is -2.45. The van der Waals surface area contributed by atoms with Crippen LogP contribution in [-0.4, -0.2) is 30.5 Å². The minimum Gasteiger partial charge on any atom is -0.454 e. The number of piperidine rings is 1. The third kappa shape index (κ3) is 5.12. The SMILES string of the molecule is CCC(=O)OC1(c2ccccc2)CCN(CCCc2ccccc2Cl)CC1. The molecule has 1 fully saturated rings. The molecule has 4 heteroatoms. The van der Waals surface area contributed by atoms with E-state index in [0.29, 0.717) is 6.42 Å². The minimum atomic E-state index is -0.479. The Morgan fingerprint density at radius 3 is 2.41 bits per heavy atom. The predicted molar refractivity (Wildman–Crippen MR) is 110 cm³/mol. The van der Waals surface area contributed by atoms with Gasteiger partial charge in [0.05, 0.1) is 0 Å². The molecular formula is C23H28ClNO2. The van der Waals surface area contributed by atoms with E-state index in [1.54, 1.807) is 0 Å². The lowest BCUT2D eigenvalue weighted by Gasteiger charge is -2.41. The van der Waals surface area contributed by atoms with Gasteiger partial charge < -0.3 is 9.64 Å². The van der Waals surface area contributed by atoms with Gasteiger partial charge in [-0.15, -0.1) is 0 Å². The summed E-state index contributed by atoms with van der Waals surface area (Å²) in [6.07, 6.45) is 4.17. The molecule has 0 unspecified atom stereocenters. The first-order valence-electron chi connectivity index (χ1n) is 9.86. The minimum absolute atomic E-state index is 0.119. The van der Waals surface area contributed by atoms with Crippen LogP contribution < -0.4 is 0 Å². The van der Waals surface area contributed by atoms with E-state index in [1.807, 2.05) is 43.3 Å². The molecule has 144 valence electrons. The number of nitrogens with zero attached hydrogens (tertiary/aromatic N) is 1. The maximum atomic E-state index is 12.1. The summed E-state index contributed by atoms with van der Waals surface area (Å²) in [6.45, 7) is 4.77. The van der Waals surface area contributed by atoms with Crippen molar-refractivity contribution in [2.24, 2.45) is 0 Å². The second-order valence-corrected chi connectivity index (χ2v) is 7.63. The van der Waals surface area contributed by atoms with Gasteiger partial charge in [0.2, 0.25) is 0 Å². The fraction of sp³-hybridized carbons (Fsp3) is 0.435. The van der Waals surface area contributed by atoms with Crippen molar-refractivity contribution in [2.75, 3.05) is 19.6 Å². The van der Waals surface area contributed by atoms with Crippen LogP contribution in [0.4, 0.5) is 0 Å². The standard InChI is InChI=1S/C23H28ClNO2/c1-2-22(26)27-23(20-11-4-3-5-12-20)14-17-25(18-15-23)16-8-10-19-9-6-7-13-21(19)24/h3-7,9,11-13H,2,8,10,14-18H2,1H3. The smallest absolute Gasteiger partial charge is 0.306 e. The molecule has 1 heterocycles. The molecule has 27 heavy (non-hydrogen) atoms. The van der Waals surface area contributed by atoms with Gasteiger partial charge in [-0.05, 0) is 36.6 Å². The number of hydrogen-bond acceptors (Lipinski definition) is 3. The molecule has 3 rings (SSSR count). The van der Waals surface area contributed by atoms with Gasteiger partial charge in [0, 0.05) is 37.4 Å². The van der Waals surface area contributed by atoms with Crippen LogP contribution in [0.5, 0.6) is 0 Å². The lowest BCUT2D eigenvalue weighted by molar-refractivity contribution is -0.166. The van der Waals surface area contributed by atoms with E-state index in [4.69, 9.17) is 16.3 Å². The molecular weight excluding hydrogens is 358 g/mol. The summed E-state index contributed by atoms with van der Waals surface area (Å²) in [5.74, 6) is -0.119. The summed E-state index contributed by atoms with van der Waals surface area (Å²) in [7, 11) is 0. The zero-order valence-corrected chi connectivity index (χ0v) is 16.8. The molecule has 0 saturated carbocycles. The van der Waals surface area contributed by atoms with Crippen molar-refractivity contribution in [1.82, 2.24) is 4.90 Å². The molecule has 0 aromatic heterocycles. The summed E-state index contributed by atoms with van der Waals surface area (Å²) in [5, 5.41) is 0.853. The van der Waals surface area contributed by atoms with E-state index in [0.717, 1.165) is 55.9 Å². The van der Waals surface area contributed by atoms with Crippen molar-refractivity contribution in [3.63, 3.8) is 0 Å². The third-order valence-electron chi connectivity index (χ3n) is 5.44. The molecule has 0 N–H and O–H groups in total. The molecule has 2 aromatic rings. The number of carbonyl (C=O) groups is 1. The average molecular weight is 386 g/mol. The number of carbonyl (C=O) groups excluding carboxylic acids is 1. The van der Waals surface area contributed by atoms with Crippen LogP contribution in [0.3, 0.4) is 0 Å². The highest BCUT2D eigenvalue weighted by Crippen LogP contribution is 2.37. The first-order chi connectivity index (χ1) is 13.1. The molecule has 0 aliphatic carbocycles. The molecule has 0 atom stereocenters. The van der Waals surface area contributed by atoms with Crippen LogP contribution in [0.25, 0.3) is 0 Å². The lowest BCUT2D eigenvalue weighted by atomic mass is 9.84. The summed E-state index contributed by atoms with van der Waals surface area (Å²) in [4.78, 5) is 14.5. The number of esters is 1. The Morgan fingerprint density at radius 2 is 1.74 bits per heavy atom. The summed E-state index contributed by atoms with van der Waals surface area (Å²) < 4.78 is 5.97. The van der Waals surface area contributed by atoms with Gasteiger partial charge in [0.1, 0.15) is 5.60 Å². The Bertz CT molecular complexity index is 739. The summed E-state index contributed by atoms with van der Waals surface area (Å²) in [6, 6.07) is 18.3. The van der Waals surface area contributed by atoms with Crippen LogP contribution in [0.2, 0.25) is 5.02 Å². The Balaban J connectivity index is 1.57. The Morgan fingerprint density at radius 1 is 1.07 bits per heavy atom. The summed E-state index contributed by atoms with van der Waals surface area (Å²) in [5.41, 5.74) is 1.85. The topological polar surface area (TPSA) is 29.5 Å². The highest BCUT2D eigenvalue weighted by molar-refractivity contribution is 6.31. The number of halogens is 1. The van der Waals surface area contributed by atoms with Gasteiger partial charge in [-0.1, -0.05) is 67.1 Å². The molecule has 0 radical (unpaired) electrons. The molecule has 1 aliphatic rings. The molecule has 3 nitrogen and oxygen atoms in total. The quantitative estimate of drug-likeness (QED) is 0.612. The van der Waals surface area contributed by atoms with Gasteiger partial charge >= 0.3 is 5.97 Å². The van der Waals surface area contributed by atoms with Crippen molar-refractivity contribution in [2.45, 2.75) is 44.6 Å². The predicted octanol–water partition coefficient (Wildman–Crippen LogP) is 5.22. The van der Waals surface area contributed by atoms with Crippen LogP contribution in [0, 0.1) is 0 Å². The maximum absolute atomic E-state index is 12.1. The highest BCUT2D eigenvalue weighted by atomic mass is 35.5. The van der Waals surface area contributed by atoms with E-state index in [1.165, 1.54) is 5.56 Å². The summed E-state index contributed by atoms with van der Waals surface area (Å²) >= 11 is 6.25. The van der Waals surface area contributed by atoms with Gasteiger partial charge in [0.25, 0.3) is 0 Å². The fourth-order valence-electron chi connectivity index (χ4n) is 3.81. The van der Waals surface area contributed by atoms with Crippen molar-refractivity contribution in [3.8, 4) is 0 Å². The van der Waals surface area contributed by atoms with E-state index in [2.05, 4.69) is 23.1 Å². The Labute approximate surface area is 167 Å². The van der Waals surface area contributed by atoms with Gasteiger partial charge in [0.15, 0.2) is 0 Å². The number of ether oxygens (including phenoxy) is 1. The van der Waals surface area contributed by atoms with Crippen LogP contribution in [-0.2, 0) is 21.6 Å². The molecule has 1 aliphatic heterocycles. The first-order valence-corrected chi connectivity index (χ1v) is 10.2. The van der Waals surface area contributed by atoms with Gasteiger partial charge in [-0.3, -0.25) is 4.79 Å². The second-order valence-electron chi connectivity index (χ2n) is 7.22. The zero-order chi connectivity index (χ0) is 19.1. The zero-order valence-electron chi connectivity index (χ0n) is 16.0. The fourth-order valence-corrected chi connectivity index (χ4v) is 4.04. The second kappa shape index (κ2) is 9.38. The van der Waals surface area contributed by atoms with E-state index < -0.39 is 5.60 Å². The number of hydrogen-bond donors (Lipinski definition) is 0. The van der Waals surface area contributed by atoms with E-state index in [9.17, 15) is 4.79 Å². The number of aryl methyl sites for hydroxylation is 1. The maximum Gasteiger partial charge on any atom is 0.306 e. The van der Waals surface area contributed by atoms with Crippen molar-refractivity contribution >= 4 is 17.6 Å². The van der Waals surface area contributed by atoms with E-state index in [-0.39, 0.29) is 5.97 Å². The monoisotopic (exact) mass is 385 g/mol. The van der Waals surface area contributed by atoms with Crippen molar-refractivity contribution in [3.05, 3.63) is 70.7 Å². The normalized spacial score (nSPS) is 16.8. The molecule has 0 bridgehead atoms. The average Bonchev–Trinajstić information content (AvgIpc) is 2.71. The van der Waals surface area contributed by atoms with E-state index >= 15 is 0 Å². The van der Waals surface area contributed by atoms with Crippen molar-refractivity contribution in [1.29, 1.82) is 0 Å². The molecule has 1 saturated heterocycles. The number of benzene rings is 2. The van der Waals surface area contributed by atoms with Crippen LogP contribution >= 0.6 is 11.6 Å². The van der Waals surface area contributed by atoms with Gasteiger partial charge in [-0.2, -0.15) is 0 Å². The third-order valence-corrected chi connectivity index (χ3v) is 5.81. The Kier molecular flexibility index (Phi) is 6.92. The number of rotatable bonds is 7. The van der Waals surface area contributed by atoms with Crippen LogP contribution in [0.1, 0.15) is 43.7 Å². The van der Waals surface area contributed by atoms with Crippen LogP contribution in [0.15, 0.2) is 54.6 Å². The molecule has 0 spiro atoms. The first kappa shape index (κ1) is 19.9. The van der Waals surface area contributed by atoms with Gasteiger partial charge in [-0.25, -0.2) is 0 Å². The number of likely N-dealkylation sites (tertiary alicyclic amines) is 1. The Hall–Kier alpha value is -1.84. The highest BCUT2D eigenvalue weighted by Gasteiger charge is 2.39. The molecule has 2 aromatic carbocycles. The largest absolute Gasteiger partial charge is 0.454 e. The van der Waals surface area contributed by atoms with Crippen molar-refractivity contribution < 1.29 is 9.53 Å².